The molecule has 1 rings (SSSR count). The SMILES string of the molecule is Cc1cc(F)cc(C)c1C#CCCN=[N+]=[N-]. The fourth-order valence-electron chi connectivity index (χ4n) is 1.41. The molecule has 1 aromatic rings. The van der Waals surface area contributed by atoms with Crippen LogP contribution in [0.3, 0.4) is 0 Å². The van der Waals surface area contributed by atoms with Crippen LogP contribution < -0.4 is 0 Å². The van der Waals surface area contributed by atoms with Gasteiger partial charge >= 0.3 is 0 Å². The van der Waals surface area contributed by atoms with E-state index in [0.717, 1.165) is 16.7 Å². The quantitative estimate of drug-likeness (QED) is 0.239. The summed E-state index contributed by atoms with van der Waals surface area (Å²) in [6.45, 7) is 4.02. The van der Waals surface area contributed by atoms with E-state index in [9.17, 15) is 4.39 Å². The smallest absolute Gasteiger partial charge is 0.123 e. The van der Waals surface area contributed by atoms with Gasteiger partial charge in [-0.15, -0.1) is 0 Å². The molecule has 0 aliphatic heterocycles. The van der Waals surface area contributed by atoms with E-state index in [1.807, 2.05) is 13.8 Å². The van der Waals surface area contributed by atoms with Gasteiger partial charge in [-0.25, -0.2) is 4.39 Å². The third-order valence-electron chi connectivity index (χ3n) is 2.11. The molecule has 0 aliphatic rings. The van der Waals surface area contributed by atoms with Gasteiger partial charge in [0, 0.05) is 23.4 Å². The van der Waals surface area contributed by atoms with Crippen LogP contribution in [0.5, 0.6) is 0 Å². The second-order valence-electron chi connectivity index (χ2n) is 3.42. The summed E-state index contributed by atoms with van der Waals surface area (Å²) in [4.78, 5) is 2.63. The Morgan fingerprint density at radius 2 is 2.00 bits per heavy atom. The Morgan fingerprint density at radius 1 is 1.38 bits per heavy atom. The second kappa shape index (κ2) is 5.79. The standard InChI is InChI=1S/C12H12FN3/c1-9-7-11(13)8-10(2)12(9)5-3-4-6-15-16-14/h7-8H,4,6H2,1-2H3. The molecule has 16 heavy (non-hydrogen) atoms. The van der Waals surface area contributed by atoms with E-state index in [1.54, 1.807) is 0 Å². The van der Waals surface area contributed by atoms with Crippen LogP contribution in [0, 0.1) is 31.5 Å². The molecular formula is C12H12FN3. The van der Waals surface area contributed by atoms with Crippen molar-refractivity contribution in [3.63, 3.8) is 0 Å². The average Bonchev–Trinajstić information content (AvgIpc) is 2.20. The molecule has 0 saturated heterocycles. The first-order valence-electron chi connectivity index (χ1n) is 4.91. The minimum absolute atomic E-state index is 0.241. The average molecular weight is 217 g/mol. The third-order valence-corrected chi connectivity index (χ3v) is 2.11. The van der Waals surface area contributed by atoms with Crippen molar-refractivity contribution in [2.45, 2.75) is 20.3 Å². The number of hydrogen-bond acceptors (Lipinski definition) is 1. The lowest BCUT2D eigenvalue weighted by Gasteiger charge is -2.02. The predicted octanol–water partition coefficient (Wildman–Crippen LogP) is 3.49. The maximum Gasteiger partial charge on any atom is 0.123 e. The zero-order valence-electron chi connectivity index (χ0n) is 9.29. The molecule has 0 unspecified atom stereocenters. The van der Waals surface area contributed by atoms with Gasteiger partial charge in [0.1, 0.15) is 5.82 Å². The summed E-state index contributed by atoms with van der Waals surface area (Å²) in [6, 6.07) is 2.93. The molecule has 4 heteroatoms. The van der Waals surface area contributed by atoms with Gasteiger partial charge in [0.2, 0.25) is 0 Å². The Kier molecular flexibility index (Phi) is 4.38. The first kappa shape index (κ1) is 12.1. The molecule has 82 valence electrons. The molecule has 0 radical (unpaired) electrons. The van der Waals surface area contributed by atoms with Gasteiger partial charge in [-0.2, -0.15) is 0 Å². The van der Waals surface area contributed by atoms with Crippen LogP contribution in [0.1, 0.15) is 23.1 Å². The molecule has 0 bridgehead atoms. The van der Waals surface area contributed by atoms with E-state index in [2.05, 4.69) is 21.9 Å². The van der Waals surface area contributed by atoms with Crippen molar-refractivity contribution in [1.29, 1.82) is 0 Å². The fraction of sp³-hybridized carbons (Fsp3) is 0.333. The van der Waals surface area contributed by atoms with Gasteiger partial charge in [0.25, 0.3) is 0 Å². The van der Waals surface area contributed by atoms with E-state index < -0.39 is 0 Å². The first-order chi connectivity index (χ1) is 7.65. The number of benzene rings is 1. The maximum absolute atomic E-state index is 13.0. The first-order valence-corrected chi connectivity index (χ1v) is 4.91. The summed E-state index contributed by atoms with van der Waals surface area (Å²) in [5.41, 5.74) is 10.6. The molecule has 0 N–H and O–H groups in total. The van der Waals surface area contributed by atoms with Crippen molar-refractivity contribution >= 4 is 0 Å². The Bertz CT molecular complexity index is 468. The topological polar surface area (TPSA) is 48.8 Å². The van der Waals surface area contributed by atoms with Crippen molar-refractivity contribution in [3.05, 3.63) is 45.1 Å². The highest BCUT2D eigenvalue weighted by Gasteiger charge is 2.01. The molecule has 3 nitrogen and oxygen atoms in total. The van der Waals surface area contributed by atoms with Gasteiger partial charge in [-0.3, -0.25) is 0 Å². The molecule has 0 spiro atoms. The van der Waals surface area contributed by atoms with Gasteiger partial charge in [0.15, 0.2) is 0 Å². The lowest BCUT2D eigenvalue weighted by atomic mass is 10.0. The van der Waals surface area contributed by atoms with Crippen LogP contribution >= 0.6 is 0 Å². The Hall–Kier alpha value is -1.98. The van der Waals surface area contributed by atoms with Crippen LogP contribution in [0.4, 0.5) is 4.39 Å². The molecule has 0 amide bonds. The van der Waals surface area contributed by atoms with Gasteiger partial charge in [0.05, 0.1) is 0 Å². The summed E-state index contributed by atoms with van der Waals surface area (Å²) in [5.74, 6) is 5.63. The minimum atomic E-state index is -0.241. The van der Waals surface area contributed by atoms with Crippen LogP contribution in [-0.2, 0) is 0 Å². The summed E-state index contributed by atoms with van der Waals surface area (Å²) in [5, 5.41) is 3.38. The molecular weight excluding hydrogens is 205 g/mol. The number of hydrogen-bond donors (Lipinski definition) is 0. The Morgan fingerprint density at radius 3 is 2.56 bits per heavy atom. The molecule has 0 aromatic heterocycles. The van der Waals surface area contributed by atoms with Crippen molar-refractivity contribution in [1.82, 2.24) is 0 Å². The largest absolute Gasteiger partial charge is 0.207 e. The van der Waals surface area contributed by atoms with Gasteiger partial charge < -0.3 is 0 Å². The minimum Gasteiger partial charge on any atom is -0.207 e. The van der Waals surface area contributed by atoms with Crippen LogP contribution in [0.15, 0.2) is 17.2 Å². The number of rotatable bonds is 2. The number of aryl methyl sites for hydroxylation is 2. The van der Waals surface area contributed by atoms with Crippen molar-refractivity contribution in [2.24, 2.45) is 5.11 Å². The molecule has 0 atom stereocenters. The normalized spacial score (nSPS) is 8.94. The summed E-state index contributed by atoms with van der Waals surface area (Å²) in [7, 11) is 0. The summed E-state index contributed by atoms with van der Waals surface area (Å²) >= 11 is 0. The molecule has 1 aromatic carbocycles. The zero-order chi connectivity index (χ0) is 12.0. The van der Waals surface area contributed by atoms with Gasteiger partial charge in [-0.05, 0) is 42.6 Å². The Balaban J connectivity index is 2.84. The maximum atomic E-state index is 13.0. The highest BCUT2D eigenvalue weighted by molar-refractivity contribution is 5.46. The summed E-state index contributed by atoms with van der Waals surface area (Å²) in [6.07, 6.45) is 0.514. The number of azide groups is 1. The van der Waals surface area contributed by atoms with E-state index in [1.165, 1.54) is 12.1 Å². The van der Waals surface area contributed by atoms with E-state index in [0.29, 0.717) is 13.0 Å². The van der Waals surface area contributed by atoms with E-state index >= 15 is 0 Å². The van der Waals surface area contributed by atoms with Crippen LogP contribution in [0.25, 0.3) is 10.4 Å². The zero-order valence-corrected chi connectivity index (χ0v) is 9.29. The molecule has 0 aliphatic carbocycles. The predicted molar refractivity (Wildman–Crippen MR) is 61.4 cm³/mol. The Labute approximate surface area is 93.9 Å². The van der Waals surface area contributed by atoms with Crippen LogP contribution in [-0.4, -0.2) is 6.54 Å². The number of halogens is 1. The summed E-state index contributed by atoms with van der Waals surface area (Å²) < 4.78 is 13.0. The highest BCUT2D eigenvalue weighted by atomic mass is 19.1. The monoisotopic (exact) mass is 217 g/mol. The molecule has 0 heterocycles. The number of nitrogens with zero attached hydrogens (tertiary/aromatic N) is 3. The lowest BCUT2D eigenvalue weighted by molar-refractivity contribution is 0.625. The highest BCUT2D eigenvalue weighted by Crippen LogP contribution is 2.14. The molecule has 0 fully saturated rings. The molecule has 0 saturated carbocycles. The van der Waals surface area contributed by atoms with Crippen molar-refractivity contribution in [3.8, 4) is 11.8 Å². The van der Waals surface area contributed by atoms with Crippen molar-refractivity contribution in [2.75, 3.05) is 6.54 Å². The van der Waals surface area contributed by atoms with Gasteiger partial charge in [-0.1, -0.05) is 17.0 Å². The van der Waals surface area contributed by atoms with E-state index in [4.69, 9.17) is 5.53 Å². The van der Waals surface area contributed by atoms with Crippen LogP contribution in [0.2, 0.25) is 0 Å². The lowest BCUT2D eigenvalue weighted by Crippen LogP contribution is -1.90. The van der Waals surface area contributed by atoms with E-state index in [-0.39, 0.29) is 5.82 Å². The van der Waals surface area contributed by atoms with Crippen molar-refractivity contribution < 1.29 is 4.39 Å². The third kappa shape index (κ3) is 3.30. The second-order valence-corrected chi connectivity index (χ2v) is 3.42. The fourth-order valence-corrected chi connectivity index (χ4v) is 1.41.